The van der Waals surface area contributed by atoms with Crippen molar-refractivity contribution >= 4 is 11.6 Å². The van der Waals surface area contributed by atoms with Crippen LogP contribution in [0.25, 0.3) is 16.0 Å². The second-order valence-corrected chi connectivity index (χ2v) is 10.6. The van der Waals surface area contributed by atoms with Gasteiger partial charge in [0.25, 0.3) is 5.91 Å². The van der Waals surface area contributed by atoms with Gasteiger partial charge < -0.3 is 19.6 Å². The van der Waals surface area contributed by atoms with Crippen LogP contribution in [0.15, 0.2) is 36.4 Å². The Bertz CT molecular complexity index is 1170. The fourth-order valence-electron chi connectivity index (χ4n) is 5.26. The van der Waals surface area contributed by atoms with Gasteiger partial charge in [0.1, 0.15) is 17.2 Å². The van der Waals surface area contributed by atoms with E-state index in [1.165, 1.54) is 17.0 Å². The van der Waals surface area contributed by atoms with E-state index in [1.807, 2.05) is 13.8 Å². The summed E-state index contributed by atoms with van der Waals surface area (Å²) in [5, 5.41) is 9.67. The molecule has 0 unspecified atom stereocenters. The maximum atomic E-state index is 14.9. The zero-order chi connectivity index (χ0) is 27.3. The van der Waals surface area contributed by atoms with Crippen molar-refractivity contribution in [3.8, 4) is 16.9 Å². The number of likely N-dealkylation sites (tertiary alicyclic amines) is 2. The van der Waals surface area contributed by atoms with Crippen LogP contribution < -0.4 is 4.74 Å². The lowest BCUT2D eigenvalue weighted by molar-refractivity contribution is 0.0569. The van der Waals surface area contributed by atoms with Gasteiger partial charge >= 0.3 is 0 Å². The number of aliphatic hydroxyl groups is 1. The molecule has 0 aromatic heterocycles. The predicted octanol–water partition coefficient (Wildman–Crippen LogP) is 5.87. The lowest BCUT2D eigenvalue weighted by Gasteiger charge is -2.36. The first-order valence-electron chi connectivity index (χ1n) is 13.6. The van der Waals surface area contributed by atoms with Crippen LogP contribution in [0, 0.1) is 18.3 Å². The Labute approximate surface area is 224 Å². The number of hydrogen-bond donors (Lipinski definition) is 1. The van der Waals surface area contributed by atoms with Gasteiger partial charge in [-0.25, -0.2) is 13.6 Å². The number of hydrogen-bond acceptors (Lipinski definition) is 4. The molecule has 2 aliphatic heterocycles. The number of halogens is 2. The molecule has 1 amide bonds. The third-order valence-electron chi connectivity index (χ3n) is 8.02. The van der Waals surface area contributed by atoms with E-state index < -0.39 is 23.5 Å². The number of rotatable bonds is 9. The molecular formula is C30H37F2N3O3. The van der Waals surface area contributed by atoms with Crippen LogP contribution in [0.3, 0.4) is 0 Å². The van der Waals surface area contributed by atoms with Gasteiger partial charge in [-0.2, -0.15) is 0 Å². The summed E-state index contributed by atoms with van der Waals surface area (Å²) >= 11 is 0. The average molecular weight is 526 g/mol. The third-order valence-corrected chi connectivity index (χ3v) is 8.02. The van der Waals surface area contributed by atoms with Gasteiger partial charge in [0.15, 0.2) is 0 Å². The van der Waals surface area contributed by atoms with Crippen LogP contribution in [-0.2, 0) is 0 Å². The fourth-order valence-corrected chi connectivity index (χ4v) is 5.26. The summed E-state index contributed by atoms with van der Waals surface area (Å²) in [5.74, 6) is -0.224. The molecule has 204 valence electrons. The summed E-state index contributed by atoms with van der Waals surface area (Å²) in [5.41, 5.74) is 0.423. The highest BCUT2D eigenvalue weighted by atomic mass is 19.1. The number of carbonyl (C=O) groups is 1. The van der Waals surface area contributed by atoms with E-state index in [4.69, 9.17) is 11.3 Å². The molecule has 2 aromatic carbocycles. The predicted molar refractivity (Wildman–Crippen MR) is 144 cm³/mol. The normalized spacial score (nSPS) is 18.9. The molecular weight excluding hydrogens is 488 g/mol. The molecule has 2 fully saturated rings. The number of carbonyl (C=O) groups excluding carboxylic acids is 1. The molecule has 1 N–H and O–H groups in total. The van der Waals surface area contributed by atoms with Crippen LogP contribution in [0.4, 0.5) is 14.5 Å². The third kappa shape index (κ3) is 6.51. The van der Waals surface area contributed by atoms with Crippen LogP contribution in [0.1, 0.15) is 56.3 Å². The van der Waals surface area contributed by atoms with Gasteiger partial charge in [-0.3, -0.25) is 4.79 Å². The lowest BCUT2D eigenvalue weighted by Crippen LogP contribution is -2.44. The second-order valence-electron chi connectivity index (χ2n) is 10.6. The smallest absolute Gasteiger partial charge is 0.256 e. The number of aliphatic hydroxyl groups excluding tert-OH is 1. The van der Waals surface area contributed by atoms with Crippen molar-refractivity contribution in [2.75, 3.05) is 39.3 Å². The number of piperidine rings is 1. The highest BCUT2D eigenvalue weighted by Gasteiger charge is 2.30. The molecule has 4 rings (SSSR count). The Morgan fingerprint density at radius 1 is 1.11 bits per heavy atom. The molecule has 0 bridgehead atoms. The molecule has 2 aliphatic rings. The molecule has 38 heavy (non-hydrogen) atoms. The number of β-amino-alcohol motifs (C(OH)–C–C–N with tert-alkyl or cyclic N) is 1. The minimum atomic E-state index is -1.12. The number of nitrogens with zero attached hydrogens (tertiary/aromatic N) is 3. The molecule has 0 saturated carbocycles. The van der Waals surface area contributed by atoms with Crippen molar-refractivity contribution < 1.29 is 23.4 Å². The van der Waals surface area contributed by atoms with E-state index in [1.54, 1.807) is 24.3 Å². The Hall–Kier alpha value is -3.02. The Morgan fingerprint density at radius 3 is 2.39 bits per heavy atom. The van der Waals surface area contributed by atoms with E-state index in [0.29, 0.717) is 67.4 Å². The first kappa shape index (κ1) is 28.0. The van der Waals surface area contributed by atoms with Crippen LogP contribution in [-0.4, -0.2) is 71.9 Å². The molecule has 6 nitrogen and oxygen atoms in total. The standard InChI is InChI=1S/C30H37F2N3O3/c1-4-30(32,5-2)20-34-13-10-21(11-14-34)19-38-28-9-7-23(17-27(28)33-3)22-6-8-25(26(31)16-22)29(37)35-15-12-24(36)18-35/h6-9,16-17,21,24,36H,4-5,10-15,18-20H2,1-2H3/t24-/m0/s1. The summed E-state index contributed by atoms with van der Waals surface area (Å²) < 4.78 is 35.6. The Kier molecular flexibility index (Phi) is 9.01. The molecule has 0 aliphatic carbocycles. The van der Waals surface area contributed by atoms with Gasteiger partial charge in [-0.1, -0.05) is 26.0 Å². The topological polar surface area (TPSA) is 57.4 Å². The molecule has 0 spiro atoms. The monoisotopic (exact) mass is 525 g/mol. The SMILES string of the molecule is [C-]#[N+]c1cc(-c2ccc(C(=O)N3CC[C@H](O)C3)c(F)c2)ccc1OCC1CCN(CC(F)(CC)CC)CC1. The summed E-state index contributed by atoms with van der Waals surface area (Å²) in [6.45, 7) is 14.7. The number of amides is 1. The van der Waals surface area contributed by atoms with Crippen LogP contribution >= 0.6 is 0 Å². The lowest BCUT2D eigenvalue weighted by atomic mass is 9.94. The molecule has 1 atom stereocenters. The Balaban J connectivity index is 1.36. The maximum absolute atomic E-state index is 14.9. The van der Waals surface area contributed by atoms with Crippen molar-refractivity contribution in [2.45, 2.75) is 57.7 Å². The van der Waals surface area contributed by atoms with E-state index in [2.05, 4.69) is 9.74 Å². The zero-order valence-corrected chi connectivity index (χ0v) is 22.3. The van der Waals surface area contributed by atoms with Crippen molar-refractivity contribution in [3.63, 3.8) is 0 Å². The molecule has 2 saturated heterocycles. The summed E-state index contributed by atoms with van der Waals surface area (Å²) in [4.78, 5) is 19.9. The molecule has 0 radical (unpaired) electrons. The fraction of sp³-hybridized carbons (Fsp3) is 0.533. The number of benzene rings is 2. The van der Waals surface area contributed by atoms with Gasteiger partial charge in [-0.15, -0.1) is 0 Å². The van der Waals surface area contributed by atoms with Crippen molar-refractivity contribution in [1.82, 2.24) is 9.80 Å². The number of alkyl halides is 1. The largest absolute Gasteiger partial charge is 0.504 e. The molecule has 2 aromatic rings. The van der Waals surface area contributed by atoms with E-state index in [9.17, 15) is 18.7 Å². The van der Waals surface area contributed by atoms with Crippen molar-refractivity contribution in [1.29, 1.82) is 0 Å². The molecule has 2 heterocycles. The summed E-state index contributed by atoms with van der Waals surface area (Å²) in [7, 11) is 0. The van der Waals surface area contributed by atoms with Gasteiger partial charge in [0, 0.05) is 19.6 Å². The van der Waals surface area contributed by atoms with Crippen molar-refractivity contribution in [2.24, 2.45) is 5.92 Å². The first-order valence-corrected chi connectivity index (χ1v) is 13.6. The second kappa shape index (κ2) is 12.2. The highest BCUT2D eigenvalue weighted by molar-refractivity contribution is 5.95. The van der Waals surface area contributed by atoms with E-state index >= 15 is 0 Å². The van der Waals surface area contributed by atoms with Crippen molar-refractivity contribution in [3.05, 3.63) is 59.2 Å². The van der Waals surface area contributed by atoms with E-state index in [0.717, 1.165) is 25.9 Å². The quantitative estimate of drug-likeness (QED) is 0.416. The van der Waals surface area contributed by atoms with Gasteiger partial charge in [-0.05, 0) is 86.5 Å². The summed E-state index contributed by atoms with van der Waals surface area (Å²) in [6.07, 6.45) is 2.84. The van der Waals surface area contributed by atoms with Crippen LogP contribution in [0.5, 0.6) is 5.75 Å². The maximum Gasteiger partial charge on any atom is 0.256 e. The minimum absolute atomic E-state index is 0.0270. The minimum Gasteiger partial charge on any atom is -0.504 e. The van der Waals surface area contributed by atoms with Gasteiger partial charge in [0.2, 0.25) is 5.69 Å². The molecule has 8 heteroatoms. The van der Waals surface area contributed by atoms with Crippen LogP contribution in [0.2, 0.25) is 0 Å². The highest BCUT2D eigenvalue weighted by Crippen LogP contribution is 2.35. The summed E-state index contributed by atoms with van der Waals surface area (Å²) in [6, 6.07) is 9.63. The average Bonchev–Trinajstić information content (AvgIpc) is 3.38. The van der Waals surface area contributed by atoms with Gasteiger partial charge in [0.05, 0.1) is 24.8 Å². The zero-order valence-electron chi connectivity index (χ0n) is 22.3. The Morgan fingerprint density at radius 2 is 1.79 bits per heavy atom. The van der Waals surface area contributed by atoms with E-state index in [-0.39, 0.29) is 12.1 Å². The first-order chi connectivity index (χ1) is 18.2. The number of ether oxygens (including phenoxy) is 1.